The highest BCUT2D eigenvalue weighted by molar-refractivity contribution is 7.11. The number of ether oxygens (including phenoxy) is 1. The number of thiophene rings is 1. The summed E-state index contributed by atoms with van der Waals surface area (Å²) in [6, 6.07) is 0. The molecule has 0 saturated carbocycles. The third-order valence-corrected chi connectivity index (χ3v) is 3.59. The molecular formula is C13H16N2O5S. The van der Waals surface area contributed by atoms with Crippen LogP contribution in [-0.2, 0) is 20.7 Å². The monoisotopic (exact) mass is 312 g/mol. The van der Waals surface area contributed by atoms with Gasteiger partial charge in [0.25, 0.3) is 0 Å². The van der Waals surface area contributed by atoms with Crippen molar-refractivity contribution in [3.63, 3.8) is 0 Å². The largest absolute Gasteiger partial charge is 0.481 e. The molecule has 8 heteroatoms. The average Bonchev–Trinajstić information content (AvgIpc) is 2.78. The third kappa shape index (κ3) is 5.76. The predicted octanol–water partition coefficient (Wildman–Crippen LogP) is 3.08. The number of carboxylic acids is 1. The lowest BCUT2D eigenvalue weighted by Crippen LogP contribution is -2.13. The lowest BCUT2D eigenvalue weighted by atomic mass is 10.1. The van der Waals surface area contributed by atoms with E-state index >= 15 is 0 Å². The van der Waals surface area contributed by atoms with Gasteiger partial charge < -0.3 is 9.84 Å². The number of aliphatic carboxylic acids is 1. The van der Waals surface area contributed by atoms with Crippen molar-refractivity contribution in [2.75, 3.05) is 11.9 Å². The number of hydrogen-bond donors (Lipinski definition) is 2. The number of rotatable bonds is 8. The Kier molecular flexibility index (Phi) is 7.14. The summed E-state index contributed by atoms with van der Waals surface area (Å²) in [6.07, 6.45) is 2.71. The van der Waals surface area contributed by atoms with Crippen molar-refractivity contribution >= 4 is 40.9 Å². The Balaban J connectivity index is 2.75. The molecule has 2 N–H and O–H groups in total. The average molecular weight is 312 g/mol. The van der Waals surface area contributed by atoms with Gasteiger partial charge in [-0.3, -0.25) is 10.1 Å². The fourth-order valence-corrected chi connectivity index (χ4v) is 2.63. The molecule has 114 valence electrons. The van der Waals surface area contributed by atoms with Gasteiger partial charge in [0, 0.05) is 16.7 Å². The summed E-state index contributed by atoms with van der Waals surface area (Å²) in [6.45, 7) is 1.92. The van der Waals surface area contributed by atoms with E-state index in [4.69, 9.17) is 9.84 Å². The van der Waals surface area contributed by atoms with Gasteiger partial charge in [-0.1, -0.05) is 0 Å². The van der Waals surface area contributed by atoms with Crippen molar-refractivity contribution in [3.8, 4) is 0 Å². The Morgan fingerprint density at radius 3 is 2.86 bits per heavy atom. The van der Waals surface area contributed by atoms with Gasteiger partial charge in [-0.25, -0.2) is 9.59 Å². The molecule has 0 bridgehead atoms. The number of aliphatic imine (C=N–C) groups is 1. The summed E-state index contributed by atoms with van der Waals surface area (Å²) >= 11 is 1.34. The first kappa shape index (κ1) is 16.9. The normalized spacial score (nSPS) is 9.76. The van der Waals surface area contributed by atoms with Crippen LogP contribution in [0.15, 0.2) is 10.4 Å². The Morgan fingerprint density at radius 2 is 2.24 bits per heavy atom. The van der Waals surface area contributed by atoms with E-state index in [1.807, 2.05) is 0 Å². The molecule has 0 radical (unpaired) electrons. The van der Waals surface area contributed by atoms with E-state index in [1.165, 1.54) is 17.4 Å². The number of unbranched alkanes of at least 4 members (excludes halogenated alkanes) is 1. The van der Waals surface area contributed by atoms with E-state index in [0.717, 1.165) is 4.88 Å². The standard InChI is InChI=1S/C13H16N2O5S/c1-2-20-13(19)15-12-9(14-8-16)7-21-10(12)5-3-4-6-11(17)18/h7H,2-6H2,1H3,(H,15,19)(H,17,18). The molecule has 0 aliphatic rings. The van der Waals surface area contributed by atoms with E-state index in [1.54, 1.807) is 12.3 Å². The van der Waals surface area contributed by atoms with Gasteiger partial charge in [-0.15, -0.1) is 11.3 Å². The molecule has 0 spiro atoms. The molecule has 0 unspecified atom stereocenters. The van der Waals surface area contributed by atoms with Crippen LogP contribution < -0.4 is 5.32 Å². The maximum absolute atomic E-state index is 11.5. The van der Waals surface area contributed by atoms with E-state index in [0.29, 0.717) is 30.6 Å². The summed E-state index contributed by atoms with van der Waals surface area (Å²) in [7, 11) is 0. The highest BCUT2D eigenvalue weighted by atomic mass is 32.1. The highest BCUT2D eigenvalue weighted by Gasteiger charge is 2.15. The van der Waals surface area contributed by atoms with Gasteiger partial charge in [0.05, 0.1) is 12.3 Å². The molecular weight excluding hydrogens is 296 g/mol. The van der Waals surface area contributed by atoms with E-state index in [2.05, 4.69) is 10.3 Å². The number of amides is 1. The summed E-state index contributed by atoms with van der Waals surface area (Å²) in [4.78, 5) is 36.7. The maximum Gasteiger partial charge on any atom is 0.411 e. The molecule has 7 nitrogen and oxygen atoms in total. The second-order valence-electron chi connectivity index (χ2n) is 4.07. The Labute approximate surface area is 125 Å². The Bertz CT molecular complexity index is 549. The van der Waals surface area contributed by atoms with Crippen LogP contribution in [0.2, 0.25) is 0 Å². The van der Waals surface area contributed by atoms with Crippen LogP contribution in [0.25, 0.3) is 0 Å². The van der Waals surface area contributed by atoms with Crippen molar-refractivity contribution in [2.45, 2.75) is 32.6 Å². The first-order valence-electron chi connectivity index (χ1n) is 6.42. The molecule has 1 aromatic rings. The predicted molar refractivity (Wildman–Crippen MR) is 77.9 cm³/mol. The maximum atomic E-state index is 11.5. The van der Waals surface area contributed by atoms with Gasteiger partial charge in [0.15, 0.2) is 0 Å². The molecule has 1 aromatic heterocycles. The number of nitrogens with zero attached hydrogens (tertiary/aromatic N) is 1. The minimum Gasteiger partial charge on any atom is -0.481 e. The molecule has 0 aliphatic carbocycles. The van der Waals surface area contributed by atoms with Crippen LogP contribution in [0, 0.1) is 0 Å². The van der Waals surface area contributed by atoms with E-state index in [-0.39, 0.29) is 13.0 Å². The fraction of sp³-hybridized carbons (Fsp3) is 0.462. The van der Waals surface area contributed by atoms with Crippen LogP contribution in [0.3, 0.4) is 0 Å². The number of nitrogens with one attached hydrogen (secondary N) is 1. The molecule has 1 heterocycles. The number of carboxylic acid groups (broad SMARTS) is 1. The summed E-state index contributed by atoms with van der Waals surface area (Å²) < 4.78 is 4.80. The van der Waals surface area contributed by atoms with Gasteiger partial charge >= 0.3 is 12.1 Å². The van der Waals surface area contributed by atoms with Crippen molar-refractivity contribution in [1.29, 1.82) is 0 Å². The molecule has 0 atom stereocenters. The van der Waals surface area contributed by atoms with Crippen LogP contribution in [0.5, 0.6) is 0 Å². The Morgan fingerprint density at radius 1 is 1.48 bits per heavy atom. The van der Waals surface area contributed by atoms with Crippen molar-refractivity contribution < 1.29 is 24.2 Å². The quantitative estimate of drug-likeness (QED) is 0.436. The molecule has 1 rings (SSSR count). The molecule has 0 aromatic carbocycles. The van der Waals surface area contributed by atoms with Crippen molar-refractivity contribution in [1.82, 2.24) is 0 Å². The number of hydrogen-bond acceptors (Lipinski definition) is 6. The van der Waals surface area contributed by atoms with Gasteiger partial charge in [-0.05, 0) is 26.2 Å². The Hall–Kier alpha value is -2.18. The lowest BCUT2D eigenvalue weighted by Gasteiger charge is -2.07. The van der Waals surface area contributed by atoms with Crippen molar-refractivity contribution in [3.05, 3.63) is 10.3 Å². The zero-order valence-electron chi connectivity index (χ0n) is 11.5. The first-order valence-corrected chi connectivity index (χ1v) is 7.30. The van der Waals surface area contributed by atoms with Crippen LogP contribution in [-0.4, -0.2) is 29.9 Å². The number of carbonyl (C=O) groups excluding carboxylic acids is 2. The van der Waals surface area contributed by atoms with Crippen LogP contribution in [0.4, 0.5) is 16.2 Å². The minimum absolute atomic E-state index is 0.103. The van der Waals surface area contributed by atoms with Crippen LogP contribution in [0.1, 0.15) is 31.1 Å². The number of aryl methyl sites for hydroxylation is 1. The lowest BCUT2D eigenvalue weighted by molar-refractivity contribution is -0.137. The minimum atomic E-state index is -0.836. The second-order valence-corrected chi connectivity index (χ2v) is 5.03. The fourth-order valence-electron chi connectivity index (χ4n) is 1.67. The van der Waals surface area contributed by atoms with Crippen molar-refractivity contribution in [2.24, 2.45) is 4.99 Å². The number of anilines is 1. The van der Waals surface area contributed by atoms with E-state index in [9.17, 15) is 14.4 Å². The summed E-state index contributed by atoms with van der Waals surface area (Å²) in [5.74, 6) is -0.836. The van der Waals surface area contributed by atoms with E-state index < -0.39 is 12.1 Å². The summed E-state index contributed by atoms with van der Waals surface area (Å²) in [5, 5.41) is 12.8. The molecule has 0 fully saturated rings. The SMILES string of the molecule is CCOC(=O)Nc1c(N=C=O)csc1CCCCC(=O)O. The van der Waals surface area contributed by atoms with Gasteiger partial charge in [-0.2, -0.15) is 4.99 Å². The molecule has 0 saturated heterocycles. The van der Waals surface area contributed by atoms with Gasteiger partial charge in [0.1, 0.15) is 5.69 Å². The number of carbonyl (C=O) groups is 2. The molecule has 1 amide bonds. The highest BCUT2D eigenvalue weighted by Crippen LogP contribution is 2.36. The second kappa shape index (κ2) is 8.89. The topological polar surface area (TPSA) is 105 Å². The molecule has 0 aliphatic heterocycles. The number of isocyanates is 1. The third-order valence-electron chi connectivity index (χ3n) is 2.56. The summed E-state index contributed by atoms with van der Waals surface area (Å²) in [5.41, 5.74) is 0.758. The van der Waals surface area contributed by atoms with Crippen LogP contribution >= 0.6 is 11.3 Å². The molecule has 21 heavy (non-hydrogen) atoms. The zero-order valence-corrected chi connectivity index (χ0v) is 12.4. The smallest absolute Gasteiger partial charge is 0.411 e. The van der Waals surface area contributed by atoms with Gasteiger partial charge in [0.2, 0.25) is 6.08 Å². The zero-order chi connectivity index (χ0) is 15.7. The first-order chi connectivity index (χ1) is 10.1.